The topological polar surface area (TPSA) is 90.1 Å². The van der Waals surface area contributed by atoms with Gasteiger partial charge in [0.15, 0.2) is 0 Å². The second kappa shape index (κ2) is 7.01. The van der Waals surface area contributed by atoms with E-state index in [9.17, 15) is 4.79 Å². The third-order valence-corrected chi connectivity index (χ3v) is 2.94. The van der Waals surface area contributed by atoms with Crippen molar-refractivity contribution in [3.05, 3.63) is 47.1 Å². The minimum Gasteiger partial charge on any atom is -0.481 e. The van der Waals surface area contributed by atoms with Crippen LogP contribution in [-0.4, -0.2) is 29.0 Å². The maximum absolute atomic E-state index is 12.0. The molecule has 6 nitrogen and oxygen atoms in total. The molecule has 1 amide bonds. The van der Waals surface area contributed by atoms with Crippen LogP contribution in [0, 0.1) is 0 Å². The summed E-state index contributed by atoms with van der Waals surface area (Å²) >= 11 is 5.81. The SMILES string of the molecule is COc1cc(Cl)nc(NC(=O)[C@H](N)Cc2ccccc2)n1. The zero-order valence-corrected chi connectivity index (χ0v) is 12.2. The zero-order chi connectivity index (χ0) is 15.2. The molecule has 0 aliphatic heterocycles. The van der Waals surface area contributed by atoms with Crippen molar-refractivity contribution in [2.24, 2.45) is 5.73 Å². The number of anilines is 1. The summed E-state index contributed by atoms with van der Waals surface area (Å²) in [5.41, 5.74) is 6.85. The van der Waals surface area contributed by atoms with Gasteiger partial charge in [-0.2, -0.15) is 4.98 Å². The van der Waals surface area contributed by atoms with Gasteiger partial charge in [-0.25, -0.2) is 4.98 Å². The van der Waals surface area contributed by atoms with E-state index in [-0.39, 0.29) is 22.9 Å². The fourth-order valence-corrected chi connectivity index (χ4v) is 1.89. The van der Waals surface area contributed by atoms with Crippen LogP contribution in [0.25, 0.3) is 0 Å². The molecule has 0 radical (unpaired) electrons. The van der Waals surface area contributed by atoms with E-state index in [4.69, 9.17) is 22.1 Å². The Labute approximate surface area is 127 Å². The van der Waals surface area contributed by atoms with Gasteiger partial charge in [0.1, 0.15) is 5.15 Å². The number of carbonyl (C=O) groups excluding carboxylic acids is 1. The average Bonchev–Trinajstić information content (AvgIpc) is 2.47. The van der Waals surface area contributed by atoms with E-state index in [0.717, 1.165) is 5.56 Å². The van der Waals surface area contributed by atoms with Crippen LogP contribution in [0.1, 0.15) is 5.56 Å². The molecular weight excluding hydrogens is 292 g/mol. The van der Waals surface area contributed by atoms with E-state index in [2.05, 4.69) is 15.3 Å². The van der Waals surface area contributed by atoms with Crippen LogP contribution < -0.4 is 15.8 Å². The van der Waals surface area contributed by atoms with Crippen molar-refractivity contribution in [1.29, 1.82) is 0 Å². The van der Waals surface area contributed by atoms with Crippen molar-refractivity contribution in [1.82, 2.24) is 9.97 Å². The quantitative estimate of drug-likeness (QED) is 0.820. The Bertz CT molecular complexity index is 622. The summed E-state index contributed by atoms with van der Waals surface area (Å²) in [5, 5.41) is 2.70. The molecule has 0 saturated heterocycles. The third-order valence-electron chi connectivity index (χ3n) is 2.75. The lowest BCUT2D eigenvalue weighted by Gasteiger charge is -2.12. The maximum atomic E-state index is 12.0. The number of methoxy groups -OCH3 is 1. The first-order chi connectivity index (χ1) is 10.1. The standard InChI is InChI=1S/C14H15ClN4O2/c1-21-12-8-11(15)17-14(18-12)19-13(20)10(16)7-9-5-3-2-4-6-9/h2-6,8,10H,7,16H2,1H3,(H,17,18,19,20)/t10-/m1/s1. The number of nitrogens with zero attached hydrogens (tertiary/aromatic N) is 2. The number of nitrogens with one attached hydrogen (secondary N) is 1. The lowest BCUT2D eigenvalue weighted by atomic mass is 10.1. The molecule has 0 spiro atoms. The smallest absolute Gasteiger partial charge is 0.243 e. The number of ether oxygens (including phenoxy) is 1. The Hall–Kier alpha value is -2.18. The van der Waals surface area contributed by atoms with E-state index in [0.29, 0.717) is 6.42 Å². The number of nitrogens with two attached hydrogens (primary N) is 1. The van der Waals surface area contributed by atoms with Gasteiger partial charge in [0.2, 0.25) is 17.7 Å². The van der Waals surface area contributed by atoms with Crippen molar-refractivity contribution in [3.63, 3.8) is 0 Å². The fourth-order valence-electron chi connectivity index (χ4n) is 1.72. The number of carbonyl (C=O) groups is 1. The van der Waals surface area contributed by atoms with Crippen molar-refractivity contribution >= 4 is 23.5 Å². The molecule has 0 aliphatic carbocycles. The predicted octanol–water partition coefficient (Wildman–Crippen LogP) is 1.65. The van der Waals surface area contributed by atoms with Crippen molar-refractivity contribution in [2.45, 2.75) is 12.5 Å². The fraction of sp³-hybridized carbons (Fsp3) is 0.214. The van der Waals surface area contributed by atoms with Gasteiger partial charge in [0.25, 0.3) is 0 Å². The monoisotopic (exact) mass is 306 g/mol. The van der Waals surface area contributed by atoms with Crippen LogP contribution in [0.15, 0.2) is 36.4 Å². The van der Waals surface area contributed by atoms with Gasteiger partial charge in [-0.05, 0) is 12.0 Å². The Morgan fingerprint density at radius 1 is 1.38 bits per heavy atom. The summed E-state index contributed by atoms with van der Waals surface area (Å²) in [5.74, 6) is -0.0574. The van der Waals surface area contributed by atoms with Gasteiger partial charge in [-0.15, -0.1) is 0 Å². The molecule has 0 fully saturated rings. The first kappa shape index (κ1) is 15.2. The molecule has 0 bridgehead atoms. The van der Waals surface area contributed by atoms with E-state index >= 15 is 0 Å². The number of benzene rings is 1. The molecule has 3 N–H and O–H groups in total. The van der Waals surface area contributed by atoms with Gasteiger partial charge >= 0.3 is 0 Å². The molecule has 0 saturated carbocycles. The molecule has 1 heterocycles. The van der Waals surface area contributed by atoms with Crippen molar-refractivity contribution in [3.8, 4) is 5.88 Å². The number of hydrogen-bond donors (Lipinski definition) is 2. The normalized spacial score (nSPS) is 11.8. The van der Waals surface area contributed by atoms with Gasteiger partial charge < -0.3 is 10.5 Å². The largest absolute Gasteiger partial charge is 0.481 e. The van der Waals surface area contributed by atoms with Crippen LogP contribution in [0.3, 0.4) is 0 Å². The second-order valence-corrected chi connectivity index (χ2v) is 4.73. The van der Waals surface area contributed by atoms with Gasteiger partial charge in [0.05, 0.1) is 13.2 Å². The van der Waals surface area contributed by atoms with Gasteiger partial charge in [-0.3, -0.25) is 10.1 Å². The molecule has 0 aliphatic rings. The molecule has 21 heavy (non-hydrogen) atoms. The lowest BCUT2D eigenvalue weighted by molar-refractivity contribution is -0.117. The Morgan fingerprint density at radius 2 is 2.10 bits per heavy atom. The van der Waals surface area contributed by atoms with E-state index in [1.165, 1.54) is 13.2 Å². The summed E-state index contributed by atoms with van der Waals surface area (Å²) < 4.78 is 4.96. The highest BCUT2D eigenvalue weighted by atomic mass is 35.5. The highest BCUT2D eigenvalue weighted by molar-refractivity contribution is 6.29. The number of hydrogen-bond acceptors (Lipinski definition) is 5. The van der Waals surface area contributed by atoms with Crippen LogP contribution >= 0.6 is 11.6 Å². The predicted molar refractivity (Wildman–Crippen MR) is 80.3 cm³/mol. The third kappa shape index (κ3) is 4.40. The number of amides is 1. The number of rotatable bonds is 5. The number of aromatic nitrogens is 2. The summed E-state index contributed by atoms with van der Waals surface area (Å²) in [6.45, 7) is 0. The summed E-state index contributed by atoms with van der Waals surface area (Å²) in [4.78, 5) is 19.9. The van der Waals surface area contributed by atoms with Crippen LogP contribution in [-0.2, 0) is 11.2 Å². The van der Waals surface area contributed by atoms with Crippen LogP contribution in [0.2, 0.25) is 5.15 Å². The maximum Gasteiger partial charge on any atom is 0.243 e. The van der Waals surface area contributed by atoms with Gasteiger partial charge in [0, 0.05) is 6.07 Å². The van der Waals surface area contributed by atoms with Crippen LogP contribution in [0.4, 0.5) is 5.95 Å². The van der Waals surface area contributed by atoms with Crippen molar-refractivity contribution < 1.29 is 9.53 Å². The molecule has 1 atom stereocenters. The highest BCUT2D eigenvalue weighted by Gasteiger charge is 2.16. The average molecular weight is 307 g/mol. The second-order valence-electron chi connectivity index (χ2n) is 4.34. The van der Waals surface area contributed by atoms with E-state index < -0.39 is 6.04 Å². The molecule has 0 unspecified atom stereocenters. The first-order valence-corrected chi connectivity index (χ1v) is 6.65. The summed E-state index contributed by atoms with van der Waals surface area (Å²) in [6.07, 6.45) is 0.421. The molecule has 1 aromatic heterocycles. The molecule has 110 valence electrons. The number of halogens is 1. The first-order valence-electron chi connectivity index (χ1n) is 6.27. The molecule has 2 rings (SSSR count). The Morgan fingerprint density at radius 3 is 2.76 bits per heavy atom. The molecule has 1 aromatic carbocycles. The van der Waals surface area contributed by atoms with E-state index in [1.807, 2.05) is 30.3 Å². The minimum absolute atomic E-state index is 0.0628. The van der Waals surface area contributed by atoms with Crippen molar-refractivity contribution in [2.75, 3.05) is 12.4 Å². The summed E-state index contributed by atoms with van der Waals surface area (Å²) in [7, 11) is 1.45. The molecule has 7 heteroatoms. The van der Waals surface area contributed by atoms with Crippen LogP contribution in [0.5, 0.6) is 5.88 Å². The zero-order valence-electron chi connectivity index (χ0n) is 11.4. The Balaban J connectivity index is 2.02. The molecular formula is C14H15ClN4O2. The van der Waals surface area contributed by atoms with E-state index in [1.54, 1.807) is 0 Å². The van der Waals surface area contributed by atoms with Gasteiger partial charge in [-0.1, -0.05) is 41.9 Å². The Kier molecular flexibility index (Phi) is 5.08. The minimum atomic E-state index is -0.707. The lowest BCUT2D eigenvalue weighted by Crippen LogP contribution is -2.37. The summed E-state index contributed by atoms with van der Waals surface area (Å²) in [6, 6.07) is 10.2. The highest BCUT2D eigenvalue weighted by Crippen LogP contribution is 2.15. The molecule has 2 aromatic rings.